The quantitative estimate of drug-likeness (QED) is 0.385. The normalized spacial score (nSPS) is 11.8. The van der Waals surface area contributed by atoms with Crippen molar-refractivity contribution in [2.45, 2.75) is 0 Å². The first-order chi connectivity index (χ1) is 12.1. The van der Waals surface area contributed by atoms with Crippen LogP contribution in [0.15, 0.2) is 57.9 Å². The highest BCUT2D eigenvalue weighted by molar-refractivity contribution is 7.23. The van der Waals surface area contributed by atoms with Gasteiger partial charge in [-0.05, 0) is 42.5 Å². The Hall–Kier alpha value is -2.70. The smallest absolute Gasteiger partial charge is 0.345 e. The zero-order valence-electron chi connectivity index (χ0n) is 12.5. The van der Waals surface area contributed by atoms with Crippen LogP contribution in [0.4, 0.5) is 4.39 Å². The first-order valence-electron chi connectivity index (χ1n) is 7.39. The Morgan fingerprint density at radius 3 is 2.92 bits per heavy atom. The Kier molecular flexibility index (Phi) is 3.01. The largest absolute Gasteiger partial charge is 0.422 e. The average molecular weight is 371 g/mol. The Morgan fingerprint density at radius 2 is 2.04 bits per heavy atom. The number of hydrogen-bond acceptors (Lipinski definition) is 4. The molecule has 0 radical (unpaired) electrons. The molecule has 0 amide bonds. The summed E-state index contributed by atoms with van der Waals surface area (Å²) >= 11 is 7.37. The van der Waals surface area contributed by atoms with Crippen molar-refractivity contribution in [3.63, 3.8) is 0 Å². The summed E-state index contributed by atoms with van der Waals surface area (Å²) in [5, 5.41) is 1.29. The van der Waals surface area contributed by atoms with E-state index in [1.165, 1.54) is 23.5 Å². The monoisotopic (exact) mass is 370 g/mol. The molecule has 7 heteroatoms. The lowest BCUT2D eigenvalue weighted by molar-refractivity contribution is 0.563. The Bertz CT molecular complexity index is 1350. The maximum Gasteiger partial charge on any atom is 0.345 e. The van der Waals surface area contributed by atoms with Gasteiger partial charge >= 0.3 is 5.63 Å². The molecule has 0 unspecified atom stereocenters. The molecular formula is C18H8ClFN2O2S. The van der Waals surface area contributed by atoms with Crippen LogP contribution in [0, 0.1) is 5.82 Å². The Labute approximate surface area is 148 Å². The van der Waals surface area contributed by atoms with E-state index in [0.29, 0.717) is 26.8 Å². The Morgan fingerprint density at radius 1 is 1.16 bits per heavy atom. The molecule has 0 saturated heterocycles. The molecule has 0 N–H and O–H groups in total. The number of benzene rings is 2. The zero-order chi connectivity index (χ0) is 17.1. The lowest BCUT2D eigenvalue weighted by atomic mass is 10.1. The van der Waals surface area contributed by atoms with Crippen LogP contribution in [0.3, 0.4) is 0 Å². The van der Waals surface area contributed by atoms with Gasteiger partial charge in [0.15, 0.2) is 4.96 Å². The van der Waals surface area contributed by atoms with Gasteiger partial charge in [0.1, 0.15) is 11.4 Å². The van der Waals surface area contributed by atoms with Gasteiger partial charge in [0.2, 0.25) is 0 Å². The molecule has 0 fully saturated rings. The van der Waals surface area contributed by atoms with E-state index >= 15 is 0 Å². The summed E-state index contributed by atoms with van der Waals surface area (Å²) in [6.45, 7) is 0. The highest BCUT2D eigenvalue weighted by Crippen LogP contribution is 2.30. The molecule has 3 aromatic heterocycles. The number of fused-ring (bicyclic) bond motifs is 4. The summed E-state index contributed by atoms with van der Waals surface area (Å²) in [5.74, 6) is -0.288. The second-order valence-corrected chi connectivity index (χ2v) is 7.07. The van der Waals surface area contributed by atoms with Crippen LogP contribution < -0.4 is 5.63 Å². The molecule has 0 atom stereocenters. The van der Waals surface area contributed by atoms with Gasteiger partial charge < -0.3 is 4.42 Å². The van der Waals surface area contributed by atoms with Crippen LogP contribution in [0.2, 0.25) is 5.02 Å². The van der Waals surface area contributed by atoms with Gasteiger partial charge in [-0.2, -0.15) is 0 Å². The maximum atomic E-state index is 13.4. The van der Waals surface area contributed by atoms with E-state index in [2.05, 4.69) is 4.98 Å². The molecule has 4 nitrogen and oxygen atoms in total. The summed E-state index contributed by atoms with van der Waals surface area (Å²) in [7, 11) is 0. The molecule has 0 bridgehead atoms. The standard InChI is InChI=1S/C18H8ClFN2O2S/c19-10-1-4-15-9(5-10)6-12(17(23)24-15)13-8-22-14-3-2-11(20)7-16(14)25-18(22)21-13/h1-8H. The van der Waals surface area contributed by atoms with Gasteiger partial charge in [-0.15, -0.1) is 0 Å². The molecule has 2 aromatic carbocycles. The zero-order valence-corrected chi connectivity index (χ0v) is 14.1. The first kappa shape index (κ1) is 14.6. The van der Waals surface area contributed by atoms with Gasteiger partial charge in [0.25, 0.3) is 0 Å². The van der Waals surface area contributed by atoms with Gasteiger partial charge in [-0.1, -0.05) is 22.9 Å². The third kappa shape index (κ3) is 2.26. The number of rotatable bonds is 1. The number of halogens is 2. The minimum absolute atomic E-state index is 0.288. The second kappa shape index (κ2) is 5.15. The van der Waals surface area contributed by atoms with Crippen molar-refractivity contribution in [2.24, 2.45) is 0 Å². The predicted molar refractivity (Wildman–Crippen MR) is 97.0 cm³/mol. The summed E-state index contributed by atoms with van der Waals surface area (Å²) in [5.41, 5.74) is 1.72. The topological polar surface area (TPSA) is 47.5 Å². The SMILES string of the molecule is O=c1oc2ccc(Cl)cc2cc1-c1cn2c(n1)sc1cc(F)ccc12. The third-order valence-electron chi connectivity index (χ3n) is 4.03. The van der Waals surface area contributed by atoms with E-state index in [-0.39, 0.29) is 5.82 Å². The molecule has 0 spiro atoms. The van der Waals surface area contributed by atoms with E-state index in [9.17, 15) is 9.18 Å². The minimum atomic E-state index is -0.462. The fraction of sp³-hybridized carbons (Fsp3) is 0. The fourth-order valence-corrected chi connectivity index (χ4v) is 4.09. The van der Waals surface area contributed by atoms with Gasteiger partial charge in [-0.3, -0.25) is 4.40 Å². The predicted octanol–water partition coefficient (Wildman–Crippen LogP) is 5.11. The van der Waals surface area contributed by atoms with Gasteiger partial charge in [0, 0.05) is 16.6 Å². The summed E-state index contributed by atoms with van der Waals surface area (Å²) in [6.07, 6.45) is 1.76. The van der Waals surface area contributed by atoms with Crippen LogP contribution in [0.5, 0.6) is 0 Å². The molecule has 25 heavy (non-hydrogen) atoms. The molecule has 3 heterocycles. The number of nitrogens with zero attached hydrogens (tertiary/aromatic N) is 2. The number of imidazole rings is 1. The van der Waals surface area contributed by atoms with Crippen LogP contribution in [-0.4, -0.2) is 9.38 Å². The van der Waals surface area contributed by atoms with Gasteiger partial charge in [-0.25, -0.2) is 14.2 Å². The average Bonchev–Trinajstić information content (AvgIpc) is 3.11. The van der Waals surface area contributed by atoms with E-state index < -0.39 is 5.63 Å². The highest BCUT2D eigenvalue weighted by atomic mass is 35.5. The number of thiazole rings is 1. The summed E-state index contributed by atoms with van der Waals surface area (Å²) in [6, 6.07) is 11.4. The van der Waals surface area contributed by atoms with Crippen LogP contribution in [-0.2, 0) is 0 Å². The van der Waals surface area contributed by atoms with Crippen LogP contribution >= 0.6 is 22.9 Å². The lowest BCUT2D eigenvalue weighted by Gasteiger charge is -2.00. The van der Waals surface area contributed by atoms with Gasteiger partial charge in [0.05, 0.1) is 21.5 Å². The highest BCUT2D eigenvalue weighted by Gasteiger charge is 2.15. The molecule has 122 valence electrons. The van der Waals surface area contributed by atoms with Crippen LogP contribution in [0.1, 0.15) is 0 Å². The van der Waals surface area contributed by atoms with E-state index in [0.717, 1.165) is 15.6 Å². The minimum Gasteiger partial charge on any atom is -0.422 e. The van der Waals surface area contributed by atoms with E-state index in [1.54, 1.807) is 36.5 Å². The summed E-state index contributed by atoms with van der Waals surface area (Å²) < 4.78 is 21.4. The fourth-order valence-electron chi connectivity index (χ4n) is 2.88. The van der Waals surface area contributed by atoms with Crippen molar-refractivity contribution in [1.82, 2.24) is 9.38 Å². The number of hydrogen-bond donors (Lipinski definition) is 0. The summed E-state index contributed by atoms with van der Waals surface area (Å²) in [4.78, 5) is 17.5. The molecule has 0 aliphatic carbocycles. The molecule has 0 aliphatic rings. The van der Waals surface area contributed by atoms with E-state index in [1.807, 2.05) is 4.40 Å². The van der Waals surface area contributed by atoms with Crippen molar-refractivity contribution in [3.05, 3.63) is 69.9 Å². The molecule has 0 saturated carbocycles. The first-order valence-corrected chi connectivity index (χ1v) is 8.59. The molecular weight excluding hydrogens is 363 g/mol. The third-order valence-corrected chi connectivity index (χ3v) is 5.28. The Balaban J connectivity index is 1.76. The molecule has 5 aromatic rings. The van der Waals surface area contributed by atoms with Crippen molar-refractivity contribution in [1.29, 1.82) is 0 Å². The van der Waals surface area contributed by atoms with Crippen molar-refractivity contribution < 1.29 is 8.81 Å². The van der Waals surface area contributed by atoms with Crippen molar-refractivity contribution in [2.75, 3.05) is 0 Å². The molecule has 0 aliphatic heterocycles. The van der Waals surface area contributed by atoms with E-state index in [4.69, 9.17) is 16.0 Å². The molecule has 5 rings (SSSR count). The van der Waals surface area contributed by atoms with Crippen molar-refractivity contribution in [3.8, 4) is 11.3 Å². The maximum absolute atomic E-state index is 13.4. The van der Waals surface area contributed by atoms with Crippen LogP contribution in [0.25, 0.3) is 37.4 Å². The van der Waals surface area contributed by atoms with Crippen molar-refractivity contribution >= 4 is 49.1 Å². The second-order valence-electron chi connectivity index (χ2n) is 5.62. The number of aromatic nitrogens is 2. The lowest BCUT2D eigenvalue weighted by Crippen LogP contribution is -2.02.